The molecule has 170 valence electrons. The Bertz CT molecular complexity index is 1540. The van der Waals surface area contributed by atoms with E-state index in [0.717, 1.165) is 21.4 Å². The number of rotatable bonds is 2. The van der Waals surface area contributed by atoms with Gasteiger partial charge in [0.1, 0.15) is 11.9 Å². The van der Waals surface area contributed by atoms with Crippen LogP contribution in [0.2, 0.25) is 0 Å². The quantitative estimate of drug-likeness (QED) is 0.467. The van der Waals surface area contributed by atoms with Crippen LogP contribution in [-0.4, -0.2) is 20.3 Å². The van der Waals surface area contributed by atoms with Crippen molar-refractivity contribution >= 4 is 10.9 Å². The molecule has 2 aromatic heterocycles. The van der Waals surface area contributed by atoms with E-state index in [1.807, 2.05) is 45.0 Å². The molecule has 0 bridgehead atoms. The lowest BCUT2D eigenvalue weighted by Crippen LogP contribution is -2.40. The Kier molecular flexibility index (Phi) is 4.72. The van der Waals surface area contributed by atoms with E-state index in [9.17, 15) is 14.0 Å². The highest BCUT2D eigenvalue weighted by molar-refractivity contribution is 5.97. The highest BCUT2D eigenvalue weighted by atomic mass is 19.1. The first-order valence-corrected chi connectivity index (χ1v) is 10.9. The highest BCUT2D eigenvalue weighted by Gasteiger charge is 2.40. The average molecular weight is 448 g/mol. The maximum atomic E-state index is 14.2. The van der Waals surface area contributed by atoms with E-state index in [2.05, 4.69) is 4.57 Å². The number of halogens is 1. The molecule has 4 aromatic rings. The second-order valence-corrected chi connectivity index (χ2v) is 9.43. The van der Waals surface area contributed by atoms with Gasteiger partial charge in [0.15, 0.2) is 0 Å². The van der Waals surface area contributed by atoms with Gasteiger partial charge in [0, 0.05) is 14.1 Å². The Morgan fingerprint density at radius 2 is 1.76 bits per heavy atom. The second kappa shape index (κ2) is 7.28. The summed E-state index contributed by atoms with van der Waals surface area (Å²) in [5, 5.41) is 0.458. The third-order valence-corrected chi connectivity index (χ3v) is 6.51. The Morgan fingerprint density at radius 1 is 1.03 bits per heavy atom. The van der Waals surface area contributed by atoms with Crippen molar-refractivity contribution in [3.63, 3.8) is 0 Å². The maximum Gasteiger partial charge on any atom is 0.331 e. The molecule has 0 radical (unpaired) electrons. The van der Waals surface area contributed by atoms with Crippen molar-refractivity contribution in [2.45, 2.75) is 32.4 Å². The van der Waals surface area contributed by atoms with Crippen LogP contribution in [0.4, 0.5) is 4.39 Å². The number of benzene rings is 2. The van der Waals surface area contributed by atoms with E-state index in [0.29, 0.717) is 28.8 Å². The number of fused-ring (bicyclic) bond motifs is 3. The molecule has 0 saturated carbocycles. The van der Waals surface area contributed by atoms with Crippen LogP contribution >= 0.6 is 0 Å². The van der Waals surface area contributed by atoms with Gasteiger partial charge in [-0.3, -0.25) is 13.9 Å². The van der Waals surface area contributed by atoms with E-state index in [4.69, 9.17) is 4.74 Å². The SMILES string of the molecule is Cc1cccc(-c2c3c(=O)n(C)c(=O)n(C)c3c3n2C(C)(C)CO[C@@H]3c2cccc(F)c2)c1. The molecule has 0 amide bonds. The summed E-state index contributed by atoms with van der Waals surface area (Å²) in [6, 6.07) is 14.2. The first-order valence-electron chi connectivity index (χ1n) is 10.9. The molecule has 0 fully saturated rings. The monoisotopic (exact) mass is 447 g/mol. The van der Waals surface area contributed by atoms with Gasteiger partial charge in [-0.25, -0.2) is 9.18 Å². The molecule has 0 saturated heterocycles. The van der Waals surface area contributed by atoms with E-state index in [1.54, 1.807) is 19.2 Å². The number of hydrogen-bond donors (Lipinski definition) is 0. The van der Waals surface area contributed by atoms with Crippen molar-refractivity contribution in [3.8, 4) is 11.3 Å². The van der Waals surface area contributed by atoms with E-state index >= 15 is 0 Å². The molecule has 0 aliphatic carbocycles. The summed E-state index contributed by atoms with van der Waals surface area (Å²) in [5.74, 6) is -0.368. The summed E-state index contributed by atoms with van der Waals surface area (Å²) >= 11 is 0. The van der Waals surface area contributed by atoms with Crippen LogP contribution in [0.3, 0.4) is 0 Å². The summed E-state index contributed by atoms with van der Waals surface area (Å²) in [6.07, 6.45) is -0.632. The van der Waals surface area contributed by atoms with Crippen LogP contribution in [0.25, 0.3) is 22.2 Å². The predicted molar refractivity (Wildman–Crippen MR) is 126 cm³/mol. The van der Waals surface area contributed by atoms with Crippen LogP contribution in [0.5, 0.6) is 0 Å². The van der Waals surface area contributed by atoms with Crippen molar-refractivity contribution in [2.24, 2.45) is 14.1 Å². The zero-order valence-corrected chi connectivity index (χ0v) is 19.3. The average Bonchev–Trinajstić information content (AvgIpc) is 3.14. The summed E-state index contributed by atoms with van der Waals surface area (Å²) in [7, 11) is 3.15. The van der Waals surface area contributed by atoms with E-state index in [-0.39, 0.29) is 11.4 Å². The second-order valence-electron chi connectivity index (χ2n) is 9.43. The molecule has 1 aliphatic heterocycles. The molecule has 1 atom stereocenters. The minimum atomic E-state index is -0.632. The van der Waals surface area contributed by atoms with Crippen molar-refractivity contribution in [2.75, 3.05) is 6.61 Å². The summed E-state index contributed by atoms with van der Waals surface area (Å²) in [6.45, 7) is 6.44. The van der Waals surface area contributed by atoms with Gasteiger partial charge in [-0.1, -0.05) is 35.9 Å². The Labute approximate surface area is 190 Å². The standard InChI is InChI=1S/C26H26FN3O3/c1-15-8-6-9-16(12-15)20-19-21(28(4)25(32)29(5)24(19)31)22-23(17-10-7-11-18(27)13-17)33-14-26(2,3)30(20)22/h6-13,23H,14H2,1-5H3/t23-/m1/s1. The molecule has 0 unspecified atom stereocenters. The Morgan fingerprint density at radius 3 is 2.45 bits per heavy atom. The van der Waals surface area contributed by atoms with Gasteiger partial charge in [0.25, 0.3) is 5.56 Å². The molecule has 1 aliphatic rings. The minimum absolute atomic E-state index is 0.356. The maximum absolute atomic E-state index is 14.2. The molecule has 5 rings (SSSR count). The third-order valence-electron chi connectivity index (χ3n) is 6.51. The van der Waals surface area contributed by atoms with Crippen LogP contribution in [0, 0.1) is 12.7 Å². The van der Waals surface area contributed by atoms with Gasteiger partial charge in [0.05, 0.1) is 34.4 Å². The number of hydrogen-bond acceptors (Lipinski definition) is 3. The lowest BCUT2D eigenvalue weighted by atomic mass is 9.98. The molecular weight excluding hydrogens is 421 g/mol. The van der Waals surface area contributed by atoms with Crippen LogP contribution in [-0.2, 0) is 24.4 Å². The highest BCUT2D eigenvalue weighted by Crippen LogP contribution is 2.45. The van der Waals surface area contributed by atoms with Crippen molar-refractivity contribution in [1.29, 1.82) is 0 Å². The van der Waals surface area contributed by atoms with Crippen LogP contribution in [0.1, 0.15) is 36.8 Å². The molecule has 0 N–H and O–H groups in total. The molecule has 6 nitrogen and oxygen atoms in total. The lowest BCUT2D eigenvalue weighted by molar-refractivity contribution is -0.00718. The van der Waals surface area contributed by atoms with Gasteiger partial charge in [-0.2, -0.15) is 0 Å². The minimum Gasteiger partial charge on any atom is -0.365 e. The molecule has 2 aromatic carbocycles. The third kappa shape index (κ3) is 3.10. The number of ether oxygens (including phenoxy) is 1. The molecule has 0 spiro atoms. The van der Waals surface area contributed by atoms with Crippen molar-refractivity contribution < 1.29 is 9.13 Å². The van der Waals surface area contributed by atoms with Gasteiger partial charge in [-0.15, -0.1) is 0 Å². The summed E-state index contributed by atoms with van der Waals surface area (Å²) in [4.78, 5) is 26.5. The normalized spacial score (nSPS) is 17.3. The van der Waals surface area contributed by atoms with Crippen LogP contribution in [0.15, 0.2) is 58.1 Å². The zero-order chi connectivity index (χ0) is 23.7. The van der Waals surface area contributed by atoms with E-state index in [1.165, 1.54) is 23.7 Å². The fourth-order valence-electron chi connectivity index (χ4n) is 4.99. The Hall–Kier alpha value is -3.45. The molecule has 3 heterocycles. The smallest absolute Gasteiger partial charge is 0.331 e. The zero-order valence-electron chi connectivity index (χ0n) is 19.3. The Balaban J connectivity index is 2.03. The first-order chi connectivity index (χ1) is 15.6. The van der Waals surface area contributed by atoms with E-state index < -0.39 is 17.3 Å². The fraction of sp³-hybridized carbons (Fsp3) is 0.308. The van der Waals surface area contributed by atoms with Gasteiger partial charge in [-0.05, 0) is 50.1 Å². The predicted octanol–water partition coefficient (Wildman–Crippen LogP) is 4.01. The largest absolute Gasteiger partial charge is 0.365 e. The lowest BCUT2D eigenvalue weighted by Gasteiger charge is -2.39. The van der Waals surface area contributed by atoms with Crippen molar-refractivity contribution in [1.82, 2.24) is 13.7 Å². The topological polar surface area (TPSA) is 58.2 Å². The number of aromatic nitrogens is 3. The number of nitrogens with zero attached hydrogens (tertiary/aromatic N) is 3. The van der Waals surface area contributed by atoms with Gasteiger partial charge >= 0.3 is 5.69 Å². The van der Waals surface area contributed by atoms with Gasteiger partial charge in [0.2, 0.25) is 0 Å². The van der Waals surface area contributed by atoms with Crippen LogP contribution < -0.4 is 11.2 Å². The fourth-order valence-corrected chi connectivity index (χ4v) is 4.99. The molecule has 7 heteroatoms. The first kappa shape index (κ1) is 21.4. The summed E-state index contributed by atoms with van der Waals surface area (Å²) < 4.78 is 25.2. The number of aryl methyl sites for hydroxylation is 2. The molecule has 33 heavy (non-hydrogen) atoms. The summed E-state index contributed by atoms with van der Waals surface area (Å²) in [5.41, 5.74) is 3.22. The molecular formula is C26H26FN3O3. The van der Waals surface area contributed by atoms with Crippen molar-refractivity contribution in [3.05, 3.63) is 92.0 Å². The van der Waals surface area contributed by atoms with Gasteiger partial charge < -0.3 is 9.30 Å².